The summed E-state index contributed by atoms with van der Waals surface area (Å²) in [6.07, 6.45) is 3.44. The second kappa shape index (κ2) is 4.71. The van der Waals surface area contributed by atoms with Crippen LogP contribution in [0.3, 0.4) is 0 Å². The number of aldehydes is 1. The summed E-state index contributed by atoms with van der Waals surface area (Å²) in [7, 11) is 0. The standard InChI is InChI=1S/C14H13NO/c1-2-11-3-6-13(7-4-11)14-8-5-12(10-16)9-15-14/h3-10H,2H2,1H3. The van der Waals surface area contributed by atoms with Crippen molar-refractivity contribution in [3.8, 4) is 11.3 Å². The van der Waals surface area contributed by atoms with Crippen LogP contribution in [0.15, 0.2) is 42.6 Å². The van der Waals surface area contributed by atoms with Crippen LogP contribution in [-0.2, 0) is 6.42 Å². The minimum Gasteiger partial charge on any atom is -0.298 e. The Kier molecular flexibility index (Phi) is 3.10. The highest BCUT2D eigenvalue weighted by Gasteiger charge is 1.99. The van der Waals surface area contributed by atoms with Crippen molar-refractivity contribution in [3.05, 3.63) is 53.7 Å². The number of nitrogens with zero attached hydrogens (tertiary/aromatic N) is 1. The van der Waals surface area contributed by atoms with Crippen LogP contribution in [0.5, 0.6) is 0 Å². The first kappa shape index (κ1) is 10.6. The van der Waals surface area contributed by atoms with Gasteiger partial charge in [0.05, 0.1) is 5.69 Å². The van der Waals surface area contributed by atoms with E-state index >= 15 is 0 Å². The van der Waals surface area contributed by atoms with Gasteiger partial charge in [-0.25, -0.2) is 0 Å². The highest BCUT2D eigenvalue weighted by atomic mass is 16.1. The summed E-state index contributed by atoms with van der Waals surface area (Å²) in [5.74, 6) is 0. The number of carbonyl (C=O) groups excluding carboxylic acids is 1. The Morgan fingerprint density at radius 1 is 1.12 bits per heavy atom. The molecule has 1 heterocycles. The van der Waals surface area contributed by atoms with Gasteiger partial charge in [0, 0.05) is 17.3 Å². The lowest BCUT2D eigenvalue weighted by Gasteiger charge is -2.02. The number of hydrogen-bond acceptors (Lipinski definition) is 2. The second-order valence-corrected chi connectivity index (χ2v) is 3.65. The maximum Gasteiger partial charge on any atom is 0.151 e. The van der Waals surface area contributed by atoms with Gasteiger partial charge in [0.25, 0.3) is 0 Å². The number of hydrogen-bond donors (Lipinski definition) is 0. The van der Waals surface area contributed by atoms with E-state index in [9.17, 15) is 4.79 Å². The van der Waals surface area contributed by atoms with E-state index in [4.69, 9.17) is 0 Å². The predicted molar refractivity (Wildman–Crippen MR) is 64.4 cm³/mol. The van der Waals surface area contributed by atoms with E-state index in [1.807, 2.05) is 6.07 Å². The molecule has 80 valence electrons. The van der Waals surface area contributed by atoms with E-state index in [1.54, 1.807) is 12.3 Å². The molecule has 0 bridgehead atoms. The molecule has 2 nitrogen and oxygen atoms in total. The Morgan fingerprint density at radius 3 is 2.38 bits per heavy atom. The molecule has 0 N–H and O–H groups in total. The molecule has 16 heavy (non-hydrogen) atoms. The predicted octanol–water partition coefficient (Wildman–Crippen LogP) is 3.12. The van der Waals surface area contributed by atoms with Crippen LogP contribution in [0.4, 0.5) is 0 Å². The van der Waals surface area contributed by atoms with Gasteiger partial charge in [0.1, 0.15) is 0 Å². The summed E-state index contributed by atoms with van der Waals surface area (Å²) >= 11 is 0. The minimum atomic E-state index is 0.605. The van der Waals surface area contributed by atoms with Crippen LogP contribution in [0, 0.1) is 0 Å². The van der Waals surface area contributed by atoms with Gasteiger partial charge in [-0.15, -0.1) is 0 Å². The lowest BCUT2D eigenvalue weighted by Crippen LogP contribution is -1.87. The third-order valence-electron chi connectivity index (χ3n) is 2.58. The second-order valence-electron chi connectivity index (χ2n) is 3.65. The number of aromatic nitrogens is 1. The zero-order valence-corrected chi connectivity index (χ0v) is 9.18. The van der Waals surface area contributed by atoms with E-state index in [-0.39, 0.29) is 0 Å². The molecule has 0 atom stereocenters. The maximum atomic E-state index is 10.5. The first-order valence-electron chi connectivity index (χ1n) is 5.34. The van der Waals surface area contributed by atoms with Crippen molar-refractivity contribution in [2.75, 3.05) is 0 Å². The van der Waals surface area contributed by atoms with Crippen LogP contribution in [0.1, 0.15) is 22.8 Å². The van der Waals surface area contributed by atoms with Gasteiger partial charge < -0.3 is 0 Å². The largest absolute Gasteiger partial charge is 0.298 e. The summed E-state index contributed by atoms with van der Waals surface area (Å²) < 4.78 is 0. The number of rotatable bonds is 3. The van der Waals surface area contributed by atoms with Crippen LogP contribution < -0.4 is 0 Å². The summed E-state index contributed by atoms with van der Waals surface area (Å²) in [4.78, 5) is 14.7. The van der Waals surface area contributed by atoms with E-state index in [1.165, 1.54) is 5.56 Å². The Balaban J connectivity index is 2.31. The number of carbonyl (C=O) groups is 1. The van der Waals surface area contributed by atoms with Crippen molar-refractivity contribution in [1.82, 2.24) is 4.98 Å². The molecular weight excluding hydrogens is 198 g/mol. The third kappa shape index (κ3) is 2.16. The SMILES string of the molecule is CCc1ccc(-c2ccc(C=O)cn2)cc1. The van der Waals surface area contributed by atoms with E-state index < -0.39 is 0 Å². The number of aryl methyl sites for hydroxylation is 1. The maximum absolute atomic E-state index is 10.5. The Hall–Kier alpha value is -1.96. The van der Waals surface area contributed by atoms with Crippen molar-refractivity contribution >= 4 is 6.29 Å². The zero-order chi connectivity index (χ0) is 11.4. The fourth-order valence-corrected chi connectivity index (χ4v) is 1.56. The molecule has 0 radical (unpaired) electrons. The van der Waals surface area contributed by atoms with Crippen molar-refractivity contribution < 1.29 is 4.79 Å². The fraction of sp³-hybridized carbons (Fsp3) is 0.143. The minimum absolute atomic E-state index is 0.605. The monoisotopic (exact) mass is 211 g/mol. The molecule has 1 aromatic carbocycles. The van der Waals surface area contributed by atoms with Crippen molar-refractivity contribution in [2.45, 2.75) is 13.3 Å². The third-order valence-corrected chi connectivity index (χ3v) is 2.58. The molecule has 0 aliphatic carbocycles. The molecule has 1 aromatic heterocycles. The molecular formula is C14H13NO. The molecule has 2 aromatic rings. The molecule has 0 unspecified atom stereocenters. The smallest absolute Gasteiger partial charge is 0.151 e. The average molecular weight is 211 g/mol. The molecule has 2 rings (SSSR count). The average Bonchev–Trinajstić information content (AvgIpc) is 2.39. The van der Waals surface area contributed by atoms with Gasteiger partial charge in [-0.05, 0) is 24.1 Å². The molecule has 0 saturated heterocycles. The molecule has 0 aliphatic heterocycles. The molecule has 0 amide bonds. The van der Waals surface area contributed by atoms with Gasteiger partial charge in [-0.3, -0.25) is 9.78 Å². The Morgan fingerprint density at radius 2 is 1.88 bits per heavy atom. The highest BCUT2D eigenvalue weighted by Crippen LogP contribution is 2.17. The van der Waals surface area contributed by atoms with Crippen LogP contribution in [0.25, 0.3) is 11.3 Å². The van der Waals surface area contributed by atoms with E-state index in [0.29, 0.717) is 5.56 Å². The first-order valence-corrected chi connectivity index (χ1v) is 5.34. The molecule has 0 fully saturated rings. The summed E-state index contributed by atoms with van der Waals surface area (Å²) in [5, 5.41) is 0. The van der Waals surface area contributed by atoms with Gasteiger partial charge >= 0.3 is 0 Å². The Bertz CT molecular complexity index is 471. The van der Waals surface area contributed by atoms with Crippen molar-refractivity contribution in [1.29, 1.82) is 0 Å². The topological polar surface area (TPSA) is 30.0 Å². The zero-order valence-electron chi connectivity index (χ0n) is 9.18. The summed E-state index contributed by atoms with van der Waals surface area (Å²) in [5.41, 5.74) is 3.89. The van der Waals surface area contributed by atoms with Crippen LogP contribution >= 0.6 is 0 Å². The van der Waals surface area contributed by atoms with Crippen molar-refractivity contribution in [2.24, 2.45) is 0 Å². The molecule has 0 spiro atoms. The van der Waals surface area contributed by atoms with Gasteiger partial charge in [-0.2, -0.15) is 0 Å². The highest BCUT2D eigenvalue weighted by molar-refractivity contribution is 5.75. The molecule has 2 heteroatoms. The summed E-state index contributed by atoms with van der Waals surface area (Å²) in [6.45, 7) is 2.13. The summed E-state index contributed by atoms with van der Waals surface area (Å²) in [6, 6.07) is 12.0. The van der Waals surface area contributed by atoms with Gasteiger partial charge in [0.15, 0.2) is 6.29 Å². The number of pyridine rings is 1. The fourth-order valence-electron chi connectivity index (χ4n) is 1.56. The van der Waals surface area contributed by atoms with E-state index in [0.717, 1.165) is 24.0 Å². The van der Waals surface area contributed by atoms with Crippen molar-refractivity contribution in [3.63, 3.8) is 0 Å². The lowest BCUT2D eigenvalue weighted by atomic mass is 10.1. The van der Waals surface area contributed by atoms with Crippen LogP contribution in [-0.4, -0.2) is 11.3 Å². The molecule has 0 aliphatic rings. The lowest BCUT2D eigenvalue weighted by molar-refractivity contribution is 0.112. The van der Waals surface area contributed by atoms with Gasteiger partial charge in [0.2, 0.25) is 0 Å². The first-order chi connectivity index (χ1) is 7.83. The van der Waals surface area contributed by atoms with Gasteiger partial charge in [-0.1, -0.05) is 31.2 Å². The van der Waals surface area contributed by atoms with E-state index in [2.05, 4.69) is 36.2 Å². The Labute approximate surface area is 95.0 Å². The quantitative estimate of drug-likeness (QED) is 0.730. The normalized spacial score (nSPS) is 10.1. The molecule has 0 saturated carbocycles. The number of benzene rings is 1. The van der Waals surface area contributed by atoms with Crippen LogP contribution in [0.2, 0.25) is 0 Å².